The Morgan fingerprint density at radius 3 is 2.60 bits per heavy atom. The first kappa shape index (κ1) is 21.4. The topological polar surface area (TPSA) is 112 Å². The lowest BCUT2D eigenvalue weighted by Crippen LogP contribution is -2.15. The molecular formula is C21H21NO7S. The molecule has 1 amide bonds. The fourth-order valence-electron chi connectivity index (χ4n) is 2.88. The van der Waals surface area contributed by atoms with Gasteiger partial charge in [0.1, 0.15) is 11.3 Å². The number of benzene rings is 2. The Morgan fingerprint density at radius 1 is 1.10 bits per heavy atom. The van der Waals surface area contributed by atoms with Gasteiger partial charge in [0.25, 0.3) is 5.91 Å². The van der Waals surface area contributed by atoms with Gasteiger partial charge < -0.3 is 19.2 Å². The zero-order valence-corrected chi connectivity index (χ0v) is 17.3. The highest BCUT2D eigenvalue weighted by molar-refractivity contribution is 7.89. The molecule has 0 unspecified atom stereocenters. The van der Waals surface area contributed by atoms with Crippen molar-refractivity contribution in [2.75, 3.05) is 24.8 Å². The molecule has 0 spiro atoms. The highest BCUT2D eigenvalue weighted by Gasteiger charge is 2.23. The van der Waals surface area contributed by atoms with E-state index in [0.29, 0.717) is 28.0 Å². The number of ether oxygens (including phenoxy) is 2. The molecule has 9 heteroatoms. The number of sulfone groups is 1. The SMILES string of the molecule is CCOC(=O)COc1cccc(NC(=O)c2oc3ccccc3c2CS(C)(=O)=O)c1. The van der Waals surface area contributed by atoms with Crippen molar-refractivity contribution < 1.29 is 31.9 Å². The molecule has 0 aliphatic rings. The van der Waals surface area contributed by atoms with Gasteiger partial charge in [-0.2, -0.15) is 0 Å². The van der Waals surface area contributed by atoms with Crippen molar-refractivity contribution in [3.8, 4) is 5.75 Å². The van der Waals surface area contributed by atoms with E-state index in [4.69, 9.17) is 13.9 Å². The summed E-state index contributed by atoms with van der Waals surface area (Å²) in [5.41, 5.74) is 1.13. The Bertz CT molecular complexity index is 1180. The maximum absolute atomic E-state index is 12.8. The summed E-state index contributed by atoms with van der Waals surface area (Å²) in [7, 11) is -3.40. The van der Waals surface area contributed by atoms with Crippen LogP contribution < -0.4 is 10.1 Å². The van der Waals surface area contributed by atoms with Gasteiger partial charge in [0.15, 0.2) is 22.2 Å². The summed E-state index contributed by atoms with van der Waals surface area (Å²) in [6.45, 7) is 1.70. The van der Waals surface area contributed by atoms with Crippen molar-refractivity contribution in [1.82, 2.24) is 0 Å². The number of nitrogens with one attached hydrogen (secondary N) is 1. The van der Waals surface area contributed by atoms with Gasteiger partial charge in [-0.1, -0.05) is 24.3 Å². The number of amides is 1. The van der Waals surface area contributed by atoms with Crippen molar-refractivity contribution in [3.63, 3.8) is 0 Å². The number of fused-ring (bicyclic) bond motifs is 1. The van der Waals surface area contributed by atoms with Crippen LogP contribution in [0.25, 0.3) is 11.0 Å². The Morgan fingerprint density at radius 2 is 1.87 bits per heavy atom. The largest absolute Gasteiger partial charge is 0.482 e. The molecule has 2 aromatic carbocycles. The maximum atomic E-state index is 12.8. The van der Waals surface area contributed by atoms with Crippen LogP contribution in [0.4, 0.5) is 5.69 Å². The minimum absolute atomic E-state index is 0.0699. The summed E-state index contributed by atoms with van der Waals surface area (Å²) < 4.78 is 39.5. The van der Waals surface area contributed by atoms with Gasteiger partial charge in [-0.15, -0.1) is 0 Å². The normalized spacial score (nSPS) is 11.3. The number of carbonyl (C=O) groups excluding carboxylic acids is 2. The van der Waals surface area contributed by atoms with Crippen LogP contribution in [0.3, 0.4) is 0 Å². The molecule has 0 aliphatic heterocycles. The standard InChI is InChI=1S/C21H21NO7S/c1-3-27-19(23)12-28-15-8-6-7-14(11-15)22-21(24)20-17(13-30(2,25)26)16-9-4-5-10-18(16)29-20/h4-11H,3,12-13H2,1-2H3,(H,22,24). The molecule has 1 N–H and O–H groups in total. The lowest BCUT2D eigenvalue weighted by molar-refractivity contribution is -0.145. The van der Waals surface area contributed by atoms with Crippen molar-refractivity contribution in [3.05, 3.63) is 59.9 Å². The number of hydrogen-bond acceptors (Lipinski definition) is 7. The molecule has 0 aliphatic carbocycles. The van der Waals surface area contributed by atoms with Crippen LogP contribution in [-0.2, 0) is 25.1 Å². The zero-order chi connectivity index (χ0) is 21.7. The van der Waals surface area contributed by atoms with Crippen LogP contribution >= 0.6 is 0 Å². The second-order valence-electron chi connectivity index (χ2n) is 6.55. The average molecular weight is 431 g/mol. The highest BCUT2D eigenvalue weighted by atomic mass is 32.2. The van der Waals surface area contributed by atoms with E-state index in [1.165, 1.54) is 6.07 Å². The first-order valence-electron chi connectivity index (χ1n) is 9.15. The predicted octanol–water partition coefficient (Wildman–Crippen LogP) is 3.17. The number of para-hydroxylation sites is 1. The van der Waals surface area contributed by atoms with E-state index in [9.17, 15) is 18.0 Å². The van der Waals surface area contributed by atoms with Crippen LogP contribution in [0.5, 0.6) is 5.75 Å². The summed E-state index contributed by atoms with van der Waals surface area (Å²) in [6, 6.07) is 13.3. The van der Waals surface area contributed by atoms with E-state index in [0.717, 1.165) is 6.26 Å². The average Bonchev–Trinajstić information content (AvgIpc) is 3.04. The van der Waals surface area contributed by atoms with Gasteiger partial charge in [-0.25, -0.2) is 13.2 Å². The second-order valence-corrected chi connectivity index (χ2v) is 8.69. The molecule has 0 radical (unpaired) electrons. The smallest absolute Gasteiger partial charge is 0.344 e. The predicted molar refractivity (Wildman–Crippen MR) is 111 cm³/mol. The third-order valence-corrected chi connectivity index (χ3v) is 4.88. The Hall–Kier alpha value is -3.33. The van der Waals surface area contributed by atoms with Crippen LogP contribution in [0.2, 0.25) is 0 Å². The molecule has 158 valence electrons. The van der Waals surface area contributed by atoms with E-state index in [1.54, 1.807) is 49.4 Å². The van der Waals surface area contributed by atoms with E-state index in [-0.39, 0.29) is 24.7 Å². The fraction of sp³-hybridized carbons (Fsp3) is 0.238. The van der Waals surface area contributed by atoms with E-state index in [2.05, 4.69) is 5.32 Å². The van der Waals surface area contributed by atoms with Crippen LogP contribution in [-0.4, -0.2) is 39.8 Å². The van der Waals surface area contributed by atoms with Crippen molar-refractivity contribution >= 4 is 38.4 Å². The molecule has 0 saturated carbocycles. The minimum atomic E-state index is -3.40. The first-order chi connectivity index (χ1) is 14.3. The third kappa shape index (κ3) is 5.38. The van der Waals surface area contributed by atoms with Gasteiger partial charge in [0, 0.05) is 29.0 Å². The van der Waals surface area contributed by atoms with Crippen LogP contribution in [0.15, 0.2) is 52.9 Å². The Balaban J connectivity index is 1.83. The number of furan rings is 1. The number of carbonyl (C=O) groups is 2. The number of esters is 1. The lowest BCUT2D eigenvalue weighted by atomic mass is 10.1. The number of hydrogen-bond donors (Lipinski definition) is 1. The van der Waals surface area contributed by atoms with Gasteiger partial charge in [0.2, 0.25) is 0 Å². The Labute approximate surface area is 173 Å². The monoisotopic (exact) mass is 431 g/mol. The molecule has 8 nitrogen and oxygen atoms in total. The van der Waals surface area contributed by atoms with Gasteiger partial charge in [0.05, 0.1) is 12.4 Å². The van der Waals surface area contributed by atoms with Crippen molar-refractivity contribution in [2.24, 2.45) is 0 Å². The molecule has 0 bridgehead atoms. The lowest BCUT2D eigenvalue weighted by Gasteiger charge is -2.09. The number of anilines is 1. The first-order valence-corrected chi connectivity index (χ1v) is 11.2. The van der Waals surface area contributed by atoms with E-state index in [1.807, 2.05) is 0 Å². The van der Waals surface area contributed by atoms with Crippen LogP contribution in [0.1, 0.15) is 23.0 Å². The molecule has 1 heterocycles. The van der Waals surface area contributed by atoms with Gasteiger partial charge in [-0.05, 0) is 25.1 Å². The molecule has 3 aromatic rings. The summed E-state index contributed by atoms with van der Waals surface area (Å²) in [5.74, 6) is -1.12. The maximum Gasteiger partial charge on any atom is 0.344 e. The van der Waals surface area contributed by atoms with E-state index < -0.39 is 21.7 Å². The second kappa shape index (κ2) is 9.00. The molecule has 3 rings (SSSR count). The molecule has 0 atom stereocenters. The summed E-state index contributed by atoms with van der Waals surface area (Å²) in [4.78, 5) is 24.3. The summed E-state index contributed by atoms with van der Waals surface area (Å²) in [6.07, 6.45) is 1.10. The molecule has 0 fully saturated rings. The highest BCUT2D eigenvalue weighted by Crippen LogP contribution is 2.28. The third-order valence-electron chi connectivity index (χ3n) is 4.06. The van der Waals surface area contributed by atoms with Crippen molar-refractivity contribution in [1.29, 1.82) is 0 Å². The molecule has 0 saturated heterocycles. The summed E-state index contributed by atoms with van der Waals surface area (Å²) in [5, 5.41) is 3.24. The quantitative estimate of drug-likeness (QED) is 0.545. The van der Waals surface area contributed by atoms with Crippen LogP contribution in [0, 0.1) is 0 Å². The zero-order valence-electron chi connectivity index (χ0n) is 16.5. The van der Waals surface area contributed by atoms with Gasteiger partial charge >= 0.3 is 5.97 Å². The molecule has 30 heavy (non-hydrogen) atoms. The Kier molecular flexibility index (Phi) is 6.41. The molecular weight excluding hydrogens is 410 g/mol. The number of rotatable bonds is 8. The fourth-order valence-corrected chi connectivity index (χ4v) is 3.70. The van der Waals surface area contributed by atoms with E-state index >= 15 is 0 Å². The minimum Gasteiger partial charge on any atom is -0.482 e. The molecule has 1 aromatic heterocycles. The van der Waals surface area contributed by atoms with Gasteiger partial charge in [-0.3, -0.25) is 4.79 Å². The van der Waals surface area contributed by atoms with Crippen molar-refractivity contribution in [2.45, 2.75) is 12.7 Å². The summed E-state index contributed by atoms with van der Waals surface area (Å²) >= 11 is 0.